The predicted octanol–water partition coefficient (Wildman–Crippen LogP) is 4.81. The SMILES string of the molecule is O=c1[nH]c2ccc(Cl)cc2cc1CNc1cc(C2CC2)c2oncc2c1. The lowest BCUT2D eigenvalue weighted by Crippen LogP contribution is -2.15. The number of aromatic amines is 1. The molecular formula is C20H16ClN3O2. The van der Waals surface area contributed by atoms with Gasteiger partial charge in [-0.05, 0) is 55.2 Å². The van der Waals surface area contributed by atoms with Crippen molar-refractivity contribution in [1.82, 2.24) is 10.1 Å². The summed E-state index contributed by atoms with van der Waals surface area (Å²) in [4.78, 5) is 15.2. The van der Waals surface area contributed by atoms with E-state index in [-0.39, 0.29) is 5.56 Å². The van der Waals surface area contributed by atoms with Crippen molar-refractivity contribution in [2.45, 2.75) is 25.3 Å². The maximum absolute atomic E-state index is 12.3. The number of hydrogen-bond acceptors (Lipinski definition) is 4. The molecular weight excluding hydrogens is 350 g/mol. The van der Waals surface area contributed by atoms with Gasteiger partial charge in [0, 0.05) is 44.7 Å². The second-order valence-electron chi connectivity index (χ2n) is 6.79. The van der Waals surface area contributed by atoms with Gasteiger partial charge < -0.3 is 14.8 Å². The zero-order chi connectivity index (χ0) is 17.7. The minimum Gasteiger partial charge on any atom is -0.381 e. The van der Waals surface area contributed by atoms with Gasteiger partial charge in [0.2, 0.25) is 0 Å². The quantitative estimate of drug-likeness (QED) is 0.544. The van der Waals surface area contributed by atoms with Crippen molar-refractivity contribution >= 4 is 39.2 Å². The van der Waals surface area contributed by atoms with Crippen LogP contribution in [0.15, 0.2) is 51.9 Å². The van der Waals surface area contributed by atoms with E-state index in [1.807, 2.05) is 24.3 Å². The molecule has 0 radical (unpaired) electrons. The van der Waals surface area contributed by atoms with E-state index in [9.17, 15) is 4.79 Å². The molecule has 5 nitrogen and oxygen atoms in total. The van der Waals surface area contributed by atoms with Crippen LogP contribution in [-0.4, -0.2) is 10.1 Å². The minimum absolute atomic E-state index is 0.0965. The molecule has 4 aromatic rings. The number of aromatic nitrogens is 2. The van der Waals surface area contributed by atoms with Crippen LogP contribution in [0.4, 0.5) is 5.69 Å². The first-order valence-corrected chi connectivity index (χ1v) is 8.99. The summed E-state index contributed by atoms with van der Waals surface area (Å²) in [7, 11) is 0. The Balaban J connectivity index is 1.47. The summed E-state index contributed by atoms with van der Waals surface area (Å²) >= 11 is 6.06. The fourth-order valence-corrected chi connectivity index (χ4v) is 3.54. The molecule has 6 heteroatoms. The Morgan fingerprint density at radius 2 is 2.08 bits per heavy atom. The van der Waals surface area contributed by atoms with Crippen LogP contribution in [0.2, 0.25) is 5.02 Å². The van der Waals surface area contributed by atoms with Gasteiger partial charge >= 0.3 is 0 Å². The molecule has 0 aliphatic heterocycles. The van der Waals surface area contributed by atoms with E-state index in [1.165, 1.54) is 18.4 Å². The maximum atomic E-state index is 12.3. The monoisotopic (exact) mass is 365 g/mol. The number of H-pyrrole nitrogens is 1. The van der Waals surface area contributed by atoms with Crippen molar-refractivity contribution in [3.05, 3.63) is 69.1 Å². The highest BCUT2D eigenvalue weighted by Gasteiger charge is 2.27. The number of anilines is 1. The molecule has 0 spiro atoms. The van der Waals surface area contributed by atoms with E-state index in [0.717, 1.165) is 27.6 Å². The van der Waals surface area contributed by atoms with Crippen LogP contribution in [-0.2, 0) is 6.54 Å². The fraction of sp³-hybridized carbons (Fsp3) is 0.200. The Labute approximate surface area is 154 Å². The molecule has 1 aliphatic rings. The number of nitrogens with zero attached hydrogens (tertiary/aromatic N) is 1. The molecule has 2 N–H and O–H groups in total. The summed E-state index contributed by atoms with van der Waals surface area (Å²) in [6.45, 7) is 0.429. The second kappa shape index (κ2) is 5.88. The molecule has 0 unspecified atom stereocenters. The third-order valence-corrected chi connectivity index (χ3v) is 5.10. The summed E-state index contributed by atoms with van der Waals surface area (Å²) in [5.74, 6) is 0.554. The van der Waals surface area contributed by atoms with Crippen molar-refractivity contribution in [2.75, 3.05) is 5.32 Å². The summed E-state index contributed by atoms with van der Waals surface area (Å²) in [5, 5.41) is 9.83. The lowest BCUT2D eigenvalue weighted by atomic mass is 10.1. The lowest BCUT2D eigenvalue weighted by molar-refractivity contribution is 0.454. The molecule has 0 bridgehead atoms. The van der Waals surface area contributed by atoms with Crippen molar-refractivity contribution < 1.29 is 4.52 Å². The predicted molar refractivity (Wildman–Crippen MR) is 103 cm³/mol. The van der Waals surface area contributed by atoms with E-state index >= 15 is 0 Å². The maximum Gasteiger partial charge on any atom is 0.253 e. The highest BCUT2D eigenvalue weighted by Crippen LogP contribution is 2.44. The number of hydrogen-bond donors (Lipinski definition) is 2. The first-order valence-electron chi connectivity index (χ1n) is 8.61. The average Bonchev–Trinajstić information content (AvgIpc) is 3.37. The number of fused-ring (bicyclic) bond motifs is 2. The van der Waals surface area contributed by atoms with Crippen LogP contribution in [0.25, 0.3) is 21.9 Å². The van der Waals surface area contributed by atoms with E-state index in [2.05, 4.69) is 21.5 Å². The third-order valence-electron chi connectivity index (χ3n) is 4.87. The fourth-order valence-electron chi connectivity index (χ4n) is 3.36. The molecule has 2 heterocycles. The van der Waals surface area contributed by atoms with Gasteiger partial charge in [0.1, 0.15) is 0 Å². The van der Waals surface area contributed by atoms with Crippen LogP contribution in [0, 0.1) is 0 Å². The van der Waals surface area contributed by atoms with Gasteiger partial charge in [0.05, 0.1) is 6.20 Å². The summed E-state index contributed by atoms with van der Waals surface area (Å²) < 4.78 is 5.40. The number of nitrogens with one attached hydrogen (secondary N) is 2. The topological polar surface area (TPSA) is 70.9 Å². The van der Waals surface area contributed by atoms with E-state index in [1.54, 1.807) is 12.3 Å². The van der Waals surface area contributed by atoms with Crippen molar-refractivity contribution in [1.29, 1.82) is 0 Å². The van der Waals surface area contributed by atoms with Crippen LogP contribution in [0.1, 0.15) is 29.9 Å². The highest BCUT2D eigenvalue weighted by molar-refractivity contribution is 6.31. The van der Waals surface area contributed by atoms with Crippen molar-refractivity contribution in [2.24, 2.45) is 0 Å². The number of rotatable bonds is 4. The molecule has 0 saturated heterocycles. The van der Waals surface area contributed by atoms with E-state index < -0.39 is 0 Å². The van der Waals surface area contributed by atoms with E-state index in [4.69, 9.17) is 16.1 Å². The zero-order valence-electron chi connectivity index (χ0n) is 13.9. The molecule has 1 fully saturated rings. The van der Waals surface area contributed by atoms with Gasteiger partial charge in [-0.2, -0.15) is 0 Å². The molecule has 0 atom stereocenters. The van der Waals surface area contributed by atoms with Gasteiger partial charge in [-0.25, -0.2) is 0 Å². The van der Waals surface area contributed by atoms with Gasteiger partial charge in [-0.3, -0.25) is 4.79 Å². The highest BCUT2D eigenvalue weighted by atomic mass is 35.5. The van der Waals surface area contributed by atoms with Crippen LogP contribution in [0.3, 0.4) is 0 Å². The van der Waals surface area contributed by atoms with Crippen LogP contribution >= 0.6 is 11.6 Å². The molecule has 26 heavy (non-hydrogen) atoms. The summed E-state index contributed by atoms with van der Waals surface area (Å²) in [5.41, 5.74) is 4.38. The van der Waals surface area contributed by atoms with Gasteiger partial charge in [-0.15, -0.1) is 0 Å². The molecule has 130 valence electrons. The van der Waals surface area contributed by atoms with Gasteiger partial charge in [-0.1, -0.05) is 16.8 Å². The largest absolute Gasteiger partial charge is 0.381 e. The number of pyridine rings is 1. The number of halogens is 1. The van der Waals surface area contributed by atoms with Crippen molar-refractivity contribution in [3.8, 4) is 0 Å². The average molecular weight is 366 g/mol. The first-order chi connectivity index (χ1) is 12.7. The molecule has 1 aliphatic carbocycles. The van der Waals surface area contributed by atoms with E-state index in [0.29, 0.717) is 23.0 Å². The molecule has 5 rings (SSSR count). The Bertz CT molecular complexity index is 1190. The second-order valence-corrected chi connectivity index (χ2v) is 7.23. The normalized spacial score (nSPS) is 14.2. The van der Waals surface area contributed by atoms with Gasteiger partial charge in [0.25, 0.3) is 5.56 Å². The smallest absolute Gasteiger partial charge is 0.253 e. The Morgan fingerprint density at radius 3 is 2.92 bits per heavy atom. The van der Waals surface area contributed by atoms with Crippen LogP contribution in [0.5, 0.6) is 0 Å². The summed E-state index contributed by atoms with van der Waals surface area (Å²) in [6, 6.07) is 11.4. The first kappa shape index (κ1) is 15.5. The number of benzene rings is 2. The minimum atomic E-state index is -0.0965. The third kappa shape index (κ3) is 2.74. The Morgan fingerprint density at radius 1 is 1.19 bits per heavy atom. The van der Waals surface area contributed by atoms with Crippen molar-refractivity contribution in [3.63, 3.8) is 0 Å². The molecule has 0 amide bonds. The standard InChI is InChI=1S/C20H16ClN3O2/c21-15-3-4-18-12(6-15)5-14(20(25)24-18)9-22-16-7-13-10-23-26-19(13)17(8-16)11-1-2-11/h3-8,10-11,22H,1-2,9H2,(H,24,25). The Kier molecular flexibility index (Phi) is 3.50. The van der Waals surface area contributed by atoms with Crippen LogP contribution < -0.4 is 10.9 Å². The Hall–Kier alpha value is -2.79. The molecule has 2 aromatic carbocycles. The molecule has 2 aromatic heterocycles. The zero-order valence-corrected chi connectivity index (χ0v) is 14.6. The lowest BCUT2D eigenvalue weighted by Gasteiger charge is -2.09. The summed E-state index contributed by atoms with van der Waals surface area (Å²) in [6.07, 6.45) is 4.10. The molecule has 1 saturated carbocycles. The van der Waals surface area contributed by atoms with Gasteiger partial charge in [0.15, 0.2) is 5.58 Å².